The first-order valence-electron chi connectivity index (χ1n) is 9.01. The van der Waals surface area contributed by atoms with Gasteiger partial charge in [-0.05, 0) is 25.2 Å². The normalized spacial score (nSPS) is 25.4. The maximum atomic E-state index is 12.4. The van der Waals surface area contributed by atoms with Crippen molar-refractivity contribution in [2.45, 2.75) is 51.4 Å². The molecule has 0 aromatic carbocycles. The Morgan fingerprint density at radius 1 is 1.21 bits per heavy atom. The molecule has 2 aliphatic heterocycles. The summed E-state index contributed by atoms with van der Waals surface area (Å²) in [6.07, 6.45) is 7.51. The number of likely N-dealkylation sites (tertiary alicyclic amines) is 1. The number of nitrogens with zero attached hydrogens (tertiary/aromatic N) is 2. The van der Waals surface area contributed by atoms with Gasteiger partial charge in [0.25, 0.3) is 0 Å². The number of carbonyl (C=O) groups excluding carboxylic acids is 3. The van der Waals surface area contributed by atoms with Crippen LogP contribution in [-0.2, 0) is 14.4 Å². The molecular formula is C17H26N4O3. The Morgan fingerprint density at radius 3 is 2.71 bits per heavy atom. The van der Waals surface area contributed by atoms with Gasteiger partial charge in [-0.25, -0.2) is 5.43 Å². The molecule has 1 saturated carbocycles. The molecule has 1 atom stereocenters. The van der Waals surface area contributed by atoms with Crippen LogP contribution in [0.2, 0.25) is 0 Å². The smallest absolute Gasteiger partial charge is 0.245 e. The average Bonchev–Trinajstić information content (AvgIpc) is 3.01. The van der Waals surface area contributed by atoms with Crippen LogP contribution in [0, 0.1) is 11.8 Å². The third-order valence-corrected chi connectivity index (χ3v) is 5.24. The van der Waals surface area contributed by atoms with Crippen LogP contribution in [0.3, 0.4) is 0 Å². The summed E-state index contributed by atoms with van der Waals surface area (Å²) in [4.78, 5) is 37.5. The van der Waals surface area contributed by atoms with Gasteiger partial charge >= 0.3 is 0 Å². The van der Waals surface area contributed by atoms with E-state index < -0.39 is 0 Å². The van der Waals surface area contributed by atoms with Crippen LogP contribution in [0.1, 0.15) is 51.4 Å². The van der Waals surface area contributed by atoms with Crippen LogP contribution in [0.4, 0.5) is 0 Å². The minimum absolute atomic E-state index is 0.0433. The van der Waals surface area contributed by atoms with E-state index in [0.29, 0.717) is 37.6 Å². The highest BCUT2D eigenvalue weighted by atomic mass is 16.2. The number of carbonyl (C=O) groups is 3. The van der Waals surface area contributed by atoms with E-state index in [-0.39, 0.29) is 30.1 Å². The van der Waals surface area contributed by atoms with Crippen LogP contribution in [0.15, 0.2) is 5.10 Å². The van der Waals surface area contributed by atoms with Crippen molar-refractivity contribution < 1.29 is 14.4 Å². The van der Waals surface area contributed by atoms with E-state index in [9.17, 15) is 14.4 Å². The second-order valence-corrected chi connectivity index (χ2v) is 7.15. The fraction of sp³-hybridized carbons (Fsp3) is 0.765. The molecule has 24 heavy (non-hydrogen) atoms. The van der Waals surface area contributed by atoms with Crippen LogP contribution in [0.25, 0.3) is 0 Å². The summed E-state index contributed by atoms with van der Waals surface area (Å²) in [5, 5.41) is 6.73. The first-order chi connectivity index (χ1) is 11.6. The topological polar surface area (TPSA) is 90.9 Å². The van der Waals surface area contributed by atoms with Crippen LogP contribution in [-0.4, -0.2) is 48.0 Å². The van der Waals surface area contributed by atoms with Crippen LogP contribution >= 0.6 is 0 Å². The minimum atomic E-state index is -0.156. The van der Waals surface area contributed by atoms with E-state index in [1.807, 2.05) is 4.90 Å². The van der Waals surface area contributed by atoms with Crippen molar-refractivity contribution in [2.24, 2.45) is 16.9 Å². The number of nitrogens with one attached hydrogen (secondary N) is 2. The number of hydrogen-bond donors (Lipinski definition) is 2. The zero-order valence-corrected chi connectivity index (χ0v) is 14.1. The van der Waals surface area contributed by atoms with Crippen LogP contribution < -0.4 is 10.7 Å². The molecule has 3 aliphatic rings. The molecular weight excluding hydrogens is 308 g/mol. The largest absolute Gasteiger partial charge is 0.350 e. The summed E-state index contributed by atoms with van der Waals surface area (Å²) < 4.78 is 0. The Morgan fingerprint density at radius 2 is 2.00 bits per heavy atom. The van der Waals surface area contributed by atoms with Crippen molar-refractivity contribution in [3.05, 3.63) is 0 Å². The summed E-state index contributed by atoms with van der Waals surface area (Å²) in [5.74, 6) is 0.436. The fourth-order valence-corrected chi connectivity index (χ4v) is 3.83. The van der Waals surface area contributed by atoms with E-state index >= 15 is 0 Å². The Balaban J connectivity index is 1.47. The summed E-state index contributed by atoms with van der Waals surface area (Å²) in [5.41, 5.74) is 3.03. The number of piperidine rings is 1. The SMILES string of the molecule is O=C1CC(CNC(=O)C2CCC(=O)N(CC3CCCCC3)C2)=NN1. The Kier molecular flexibility index (Phi) is 5.48. The zero-order chi connectivity index (χ0) is 16.9. The predicted octanol–water partition coefficient (Wildman–Crippen LogP) is 0.797. The van der Waals surface area contributed by atoms with Gasteiger partial charge in [-0.3, -0.25) is 14.4 Å². The summed E-state index contributed by atoms with van der Waals surface area (Å²) in [6, 6.07) is 0. The number of amides is 3. The van der Waals surface area contributed by atoms with E-state index in [4.69, 9.17) is 0 Å². The monoisotopic (exact) mass is 334 g/mol. The zero-order valence-electron chi connectivity index (χ0n) is 14.1. The maximum Gasteiger partial charge on any atom is 0.245 e. The molecule has 0 bridgehead atoms. The Hall–Kier alpha value is -1.92. The highest BCUT2D eigenvalue weighted by molar-refractivity contribution is 6.06. The van der Waals surface area contributed by atoms with Gasteiger partial charge < -0.3 is 10.2 Å². The lowest BCUT2D eigenvalue weighted by atomic mass is 9.87. The molecule has 0 aromatic rings. The first kappa shape index (κ1) is 16.9. The van der Waals surface area contributed by atoms with E-state index in [2.05, 4.69) is 15.8 Å². The van der Waals surface area contributed by atoms with Gasteiger partial charge in [-0.1, -0.05) is 19.3 Å². The van der Waals surface area contributed by atoms with Crippen molar-refractivity contribution in [3.63, 3.8) is 0 Å². The van der Waals surface area contributed by atoms with E-state index in [1.54, 1.807) is 0 Å². The quantitative estimate of drug-likeness (QED) is 0.779. The molecule has 2 fully saturated rings. The van der Waals surface area contributed by atoms with E-state index in [0.717, 1.165) is 6.54 Å². The van der Waals surface area contributed by atoms with Crippen molar-refractivity contribution in [1.29, 1.82) is 0 Å². The maximum absolute atomic E-state index is 12.4. The molecule has 132 valence electrons. The van der Waals surface area contributed by atoms with Gasteiger partial charge in [0.05, 0.1) is 24.6 Å². The van der Waals surface area contributed by atoms with E-state index in [1.165, 1.54) is 32.1 Å². The second-order valence-electron chi connectivity index (χ2n) is 7.15. The van der Waals surface area contributed by atoms with Gasteiger partial charge in [0.15, 0.2) is 0 Å². The van der Waals surface area contributed by atoms with Crippen molar-refractivity contribution >= 4 is 23.4 Å². The van der Waals surface area contributed by atoms with Gasteiger partial charge in [0, 0.05) is 19.5 Å². The third kappa shape index (κ3) is 4.33. The molecule has 7 nitrogen and oxygen atoms in total. The minimum Gasteiger partial charge on any atom is -0.350 e. The molecule has 2 N–H and O–H groups in total. The highest BCUT2D eigenvalue weighted by Crippen LogP contribution is 2.27. The lowest BCUT2D eigenvalue weighted by Crippen LogP contribution is -2.48. The molecule has 1 aliphatic carbocycles. The highest BCUT2D eigenvalue weighted by Gasteiger charge is 2.31. The molecule has 7 heteroatoms. The number of hydrazone groups is 1. The number of rotatable bonds is 5. The standard InChI is InChI=1S/C17H26N4O3/c22-15-8-14(19-20-15)9-18-17(24)13-6-7-16(23)21(11-13)10-12-4-2-1-3-5-12/h12-13H,1-11H2,(H,18,24)(H,20,22). The Labute approximate surface area is 142 Å². The van der Waals surface area contributed by atoms with Crippen molar-refractivity contribution in [1.82, 2.24) is 15.6 Å². The molecule has 1 saturated heterocycles. The molecule has 3 rings (SSSR count). The Bertz CT molecular complexity index is 540. The second kappa shape index (κ2) is 7.77. The molecule has 0 spiro atoms. The summed E-state index contributed by atoms with van der Waals surface area (Å²) in [6.45, 7) is 1.61. The lowest BCUT2D eigenvalue weighted by molar-refractivity contribution is -0.139. The summed E-state index contributed by atoms with van der Waals surface area (Å²) in [7, 11) is 0. The van der Waals surface area contributed by atoms with Crippen molar-refractivity contribution in [2.75, 3.05) is 19.6 Å². The van der Waals surface area contributed by atoms with Gasteiger partial charge in [0.2, 0.25) is 17.7 Å². The average molecular weight is 334 g/mol. The first-order valence-corrected chi connectivity index (χ1v) is 9.01. The predicted molar refractivity (Wildman–Crippen MR) is 89.1 cm³/mol. The van der Waals surface area contributed by atoms with Crippen molar-refractivity contribution in [3.8, 4) is 0 Å². The third-order valence-electron chi connectivity index (χ3n) is 5.24. The number of hydrogen-bond acceptors (Lipinski definition) is 4. The van der Waals surface area contributed by atoms with Crippen LogP contribution in [0.5, 0.6) is 0 Å². The molecule has 1 unspecified atom stereocenters. The molecule has 0 radical (unpaired) electrons. The molecule has 2 heterocycles. The lowest BCUT2D eigenvalue weighted by Gasteiger charge is -2.35. The fourth-order valence-electron chi connectivity index (χ4n) is 3.83. The van der Waals surface area contributed by atoms with Gasteiger partial charge in [-0.15, -0.1) is 0 Å². The van der Waals surface area contributed by atoms with Gasteiger partial charge in [-0.2, -0.15) is 5.10 Å². The molecule has 3 amide bonds. The molecule has 0 aromatic heterocycles. The van der Waals surface area contributed by atoms with Gasteiger partial charge in [0.1, 0.15) is 0 Å². The summed E-state index contributed by atoms with van der Waals surface area (Å²) >= 11 is 0.